The summed E-state index contributed by atoms with van der Waals surface area (Å²) in [5, 5.41) is 1.02. The maximum atomic E-state index is 3.67. The molecule has 0 heterocycles. The molecule has 1 rings (SSSR count). The van der Waals surface area contributed by atoms with Gasteiger partial charge in [-0.05, 0) is 33.1 Å². The van der Waals surface area contributed by atoms with E-state index in [2.05, 4.69) is 84.0 Å². The van der Waals surface area contributed by atoms with Gasteiger partial charge >= 0.3 is 0 Å². The Morgan fingerprint density at radius 2 is 1.74 bits per heavy atom. The van der Waals surface area contributed by atoms with Crippen LogP contribution in [0.2, 0.25) is 0 Å². The van der Waals surface area contributed by atoms with Crippen LogP contribution in [0.5, 0.6) is 0 Å². The molecule has 2 atom stereocenters. The third kappa shape index (κ3) is 5.64. The van der Waals surface area contributed by atoms with Crippen LogP contribution in [0.25, 0.3) is 0 Å². The van der Waals surface area contributed by atoms with Crippen molar-refractivity contribution in [1.29, 1.82) is 0 Å². The summed E-state index contributed by atoms with van der Waals surface area (Å²) in [6, 6.07) is 11.4. The van der Waals surface area contributed by atoms with E-state index in [0.717, 1.165) is 25.0 Å². The highest BCUT2D eigenvalue weighted by Gasteiger charge is 2.18. The molecule has 19 heavy (non-hydrogen) atoms. The average molecular weight is 327 g/mol. The molecule has 0 fully saturated rings. The van der Waals surface area contributed by atoms with Gasteiger partial charge in [0, 0.05) is 30.4 Å². The van der Waals surface area contributed by atoms with E-state index in [-0.39, 0.29) is 0 Å². The van der Waals surface area contributed by atoms with E-state index in [1.807, 2.05) is 0 Å². The fourth-order valence-electron chi connectivity index (χ4n) is 2.52. The first-order valence-electron chi connectivity index (χ1n) is 7.08. The molecule has 108 valence electrons. The van der Waals surface area contributed by atoms with Crippen molar-refractivity contribution in [3.63, 3.8) is 0 Å². The van der Waals surface area contributed by atoms with Gasteiger partial charge in [0.25, 0.3) is 0 Å². The monoisotopic (exact) mass is 326 g/mol. The zero-order valence-electron chi connectivity index (χ0n) is 12.6. The van der Waals surface area contributed by atoms with Crippen LogP contribution in [-0.4, -0.2) is 54.9 Å². The van der Waals surface area contributed by atoms with E-state index in [0.29, 0.717) is 12.0 Å². The van der Waals surface area contributed by atoms with Crippen LogP contribution in [-0.2, 0) is 0 Å². The van der Waals surface area contributed by atoms with Crippen molar-refractivity contribution in [2.45, 2.75) is 25.8 Å². The lowest BCUT2D eigenvalue weighted by Gasteiger charge is -2.32. The van der Waals surface area contributed by atoms with E-state index in [9.17, 15) is 0 Å². The molecule has 1 aromatic rings. The zero-order chi connectivity index (χ0) is 14.3. The fourth-order valence-corrected chi connectivity index (χ4v) is 3.09. The van der Waals surface area contributed by atoms with Crippen molar-refractivity contribution >= 4 is 15.9 Å². The van der Waals surface area contributed by atoms with E-state index in [4.69, 9.17) is 0 Å². The van der Waals surface area contributed by atoms with E-state index in [1.165, 1.54) is 5.56 Å². The van der Waals surface area contributed by atoms with Crippen LogP contribution in [0.4, 0.5) is 0 Å². The van der Waals surface area contributed by atoms with Gasteiger partial charge in [-0.15, -0.1) is 0 Å². The predicted molar refractivity (Wildman–Crippen MR) is 88.2 cm³/mol. The third-order valence-electron chi connectivity index (χ3n) is 3.57. The van der Waals surface area contributed by atoms with Crippen molar-refractivity contribution < 1.29 is 0 Å². The van der Waals surface area contributed by atoms with Crippen molar-refractivity contribution in [3.8, 4) is 0 Å². The minimum absolute atomic E-state index is 0.561. The normalized spacial score (nSPS) is 14.9. The molecule has 0 radical (unpaired) electrons. The maximum Gasteiger partial charge on any atom is 0.0194 e. The molecule has 0 aliphatic rings. The molecule has 0 amide bonds. The Bertz CT molecular complexity index is 340. The molecule has 1 aromatic carbocycles. The molecule has 0 saturated heterocycles. The lowest BCUT2D eigenvalue weighted by Crippen LogP contribution is -2.42. The Morgan fingerprint density at radius 3 is 2.21 bits per heavy atom. The quantitative estimate of drug-likeness (QED) is 0.675. The Labute approximate surface area is 126 Å². The standard InChI is InChI=1S/C16H27BrN2/c1-5-19(14(2)12-18(3)4)13-16(11-17)15-9-7-6-8-10-15/h6-10,14,16H,5,11-13H2,1-4H3. The first kappa shape index (κ1) is 16.7. The number of hydrogen-bond acceptors (Lipinski definition) is 2. The van der Waals surface area contributed by atoms with Gasteiger partial charge in [0.15, 0.2) is 0 Å². The summed E-state index contributed by atoms with van der Waals surface area (Å²) in [4.78, 5) is 4.83. The lowest BCUT2D eigenvalue weighted by atomic mass is 10.00. The molecule has 3 heteroatoms. The summed E-state index contributed by atoms with van der Waals surface area (Å²) < 4.78 is 0. The van der Waals surface area contributed by atoms with Crippen molar-refractivity contribution in [3.05, 3.63) is 35.9 Å². The average Bonchev–Trinajstić information content (AvgIpc) is 2.40. The highest BCUT2D eigenvalue weighted by Crippen LogP contribution is 2.20. The summed E-state index contributed by atoms with van der Waals surface area (Å²) in [6.07, 6.45) is 0. The SMILES string of the molecule is CCN(CC(CBr)c1ccccc1)C(C)CN(C)C. The van der Waals surface area contributed by atoms with Gasteiger partial charge in [0.2, 0.25) is 0 Å². The Morgan fingerprint density at radius 1 is 1.11 bits per heavy atom. The van der Waals surface area contributed by atoms with Crippen LogP contribution in [0.15, 0.2) is 30.3 Å². The third-order valence-corrected chi connectivity index (χ3v) is 4.35. The summed E-state index contributed by atoms with van der Waals surface area (Å²) in [6.45, 7) is 7.89. The first-order valence-corrected chi connectivity index (χ1v) is 8.20. The maximum absolute atomic E-state index is 3.67. The van der Waals surface area contributed by atoms with Crippen molar-refractivity contribution in [1.82, 2.24) is 9.80 Å². The minimum Gasteiger partial charge on any atom is -0.308 e. The number of nitrogens with zero attached hydrogens (tertiary/aromatic N) is 2. The molecule has 2 unspecified atom stereocenters. The summed E-state index contributed by atoms with van der Waals surface area (Å²) in [5.41, 5.74) is 1.43. The lowest BCUT2D eigenvalue weighted by molar-refractivity contribution is 0.175. The van der Waals surface area contributed by atoms with E-state index < -0.39 is 0 Å². The van der Waals surface area contributed by atoms with Gasteiger partial charge in [-0.3, -0.25) is 4.90 Å². The highest BCUT2D eigenvalue weighted by atomic mass is 79.9. The Kier molecular flexibility index (Phi) is 7.66. The second-order valence-corrected chi connectivity index (χ2v) is 6.11. The molecule has 0 aliphatic heterocycles. The molecule has 0 spiro atoms. The first-order chi connectivity index (χ1) is 9.08. The molecular weight excluding hydrogens is 300 g/mol. The van der Waals surface area contributed by atoms with Gasteiger partial charge in [-0.25, -0.2) is 0 Å². The van der Waals surface area contributed by atoms with Gasteiger partial charge in [-0.1, -0.05) is 53.2 Å². The topological polar surface area (TPSA) is 6.48 Å². The Balaban J connectivity index is 2.67. The number of benzene rings is 1. The number of likely N-dealkylation sites (N-methyl/N-ethyl adjacent to an activating group) is 2. The van der Waals surface area contributed by atoms with Crippen molar-refractivity contribution in [2.24, 2.45) is 0 Å². The summed E-state index contributed by atoms with van der Waals surface area (Å²) in [5.74, 6) is 0.561. The van der Waals surface area contributed by atoms with Crippen LogP contribution in [0.3, 0.4) is 0 Å². The van der Waals surface area contributed by atoms with Crippen LogP contribution < -0.4 is 0 Å². The number of rotatable bonds is 8. The smallest absolute Gasteiger partial charge is 0.0194 e. The highest BCUT2D eigenvalue weighted by molar-refractivity contribution is 9.09. The summed E-state index contributed by atoms with van der Waals surface area (Å²) >= 11 is 3.67. The second-order valence-electron chi connectivity index (χ2n) is 5.46. The van der Waals surface area contributed by atoms with Crippen LogP contribution in [0.1, 0.15) is 25.3 Å². The molecular formula is C16H27BrN2. The van der Waals surface area contributed by atoms with E-state index in [1.54, 1.807) is 0 Å². The molecule has 0 saturated carbocycles. The summed E-state index contributed by atoms with van der Waals surface area (Å²) in [7, 11) is 4.28. The molecule has 0 aliphatic carbocycles. The second kappa shape index (κ2) is 8.72. The number of hydrogen-bond donors (Lipinski definition) is 0. The van der Waals surface area contributed by atoms with Gasteiger partial charge < -0.3 is 4.90 Å². The van der Waals surface area contributed by atoms with Gasteiger partial charge in [0.1, 0.15) is 0 Å². The fraction of sp³-hybridized carbons (Fsp3) is 0.625. The van der Waals surface area contributed by atoms with Crippen LogP contribution >= 0.6 is 15.9 Å². The van der Waals surface area contributed by atoms with Crippen LogP contribution in [0, 0.1) is 0 Å². The molecule has 0 N–H and O–H groups in total. The zero-order valence-corrected chi connectivity index (χ0v) is 14.2. The Hall–Kier alpha value is -0.380. The van der Waals surface area contributed by atoms with Gasteiger partial charge in [0.05, 0.1) is 0 Å². The number of alkyl halides is 1. The minimum atomic E-state index is 0.561. The van der Waals surface area contributed by atoms with Crippen molar-refractivity contribution in [2.75, 3.05) is 39.1 Å². The molecule has 0 aromatic heterocycles. The van der Waals surface area contributed by atoms with E-state index >= 15 is 0 Å². The predicted octanol–water partition coefficient (Wildman–Crippen LogP) is 3.44. The molecule has 0 bridgehead atoms. The van der Waals surface area contributed by atoms with Gasteiger partial charge in [-0.2, -0.15) is 0 Å². The molecule has 2 nitrogen and oxygen atoms in total. The number of halogens is 1. The largest absolute Gasteiger partial charge is 0.308 e.